The molecule has 0 saturated heterocycles. The summed E-state index contributed by atoms with van der Waals surface area (Å²) in [6, 6.07) is 12.3. The fraction of sp³-hybridized carbons (Fsp3) is 0.300. The van der Waals surface area contributed by atoms with Crippen LogP contribution in [0.25, 0.3) is 0 Å². The molecule has 0 aliphatic heterocycles. The molecule has 0 saturated carbocycles. The van der Waals surface area contributed by atoms with Crippen LogP contribution in [-0.4, -0.2) is 32.7 Å². The van der Waals surface area contributed by atoms with Gasteiger partial charge in [-0.2, -0.15) is 0 Å². The highest BCUT2D eigenvalue weighted by atomic mass is 16.5. The minimum atomic E-state index is -0.565. The minimum Gasteiger partial charge on any atom is -0.497 e. The van der Waals surface area contributed by atoms with Gasteiger partial charge in [-0.3, -0.25) is 4.79 Å². The quantitative estimate of drug-likeness (QED) is 0.766. The second-order valence-corrected chi connectivity index (χ2v) is 5.97. The van der Waals surface area contributed by atoms with Crippen molar-refractivity contribution >= 4 is 17.6 Å². The molecule has 0 heterocycles. The number of anilines is 1. The molecule has 1 amide bonds. The predicted octanol–water partition coefficient (Wildman–Crippen LogP) is 3.62. The molecule has 0 bridgehead atoms. The molecule has 0 atom stereocenters. The number of benzene rings is 2. The third-order valence-corrected chi connectivity index (χ3v) is 3.80. The maximum atomic E-state index is 12.2. The number of ether oxygens (including phenoxy) is 3. The number of carbonyl (C=O) groups excluding carboxylic acids is 2. The average molecular weight is 357 g/mol. The topological polar surface area (TPSA) is 73.9 Å². The summed E-state index contributed by atoms with van der Waals surface area (Å²) in [5.41, 5.74) is 1.68. The van der Waals surface area contributed by atoms with Crippen molar-refractivity contribution in [2.75, 3.05) is 26.1 Å². The van der Waals surface area contributed by atoms with E-state index in [1.807, 2.05) is 18.2 Å². The summed E-state index contributed by atoms with van der Waals surface area (Å²) in [6.07, 6.45) is 0. The Morgan fingerprint density at radius 3 is 2.46 bits per heavy atom. The third-order valence-electron chi connectivity index (χ3n) is 3.80. The molecule has 2 rings (SSSR count). The van der Waals surface area contributed by atoms with Crippen LogP contribution in [0.15, 0.2) is 42.5 Å². The van der Waals surface area contributed by atoms with Crippen molar-refractivity contribution in [3.8, 4) is 11.5 Å². The number of nitrogens with one attached hydrogen (secondary N) is 1. The molecule has 0 spiro atoms. The van der Waals surface area contributed by atoms with Gasteiger partial charge in [-0.15, -0.1) is 0 Å². The van der Waals surface area contributed by atoms with Crippen molar-refractivity contribution in [1.82, 2.24) is 0 Å². The lowest BCUT2D eigenvalue weighted by atomic mass is 10.0. The smallest absolute Gasteiger partial charge is 0.340 e. The van der Waals surface area contributed by atoms with E-state index in [2.05, 4.69) is 19.2 Å². The zero-order valence-electron chi connectivity index (χ0n) is 15.4. The van der Waals surface area contributed by atoms with Gasteiger partial charge in [-0.25, -0.2) is 4.79 Å². The molecule has 0 aliphatic carbocycles. The second kappa shape index (κ2) is 8.89. The molecule has 26 heavy (non-hydrogen) atoms. The van der Waals surface area contributed by atoms with Crippen LogP contribution in [0.5, 0.6) is 11.5 Å². The van der Waals surface area contributed by atoms with Gasteiger partial charge in [-0.1, -0.05) is 26.0 Å². The molecule has 0 aliphatic rings. The fourth-order valence-electron chi connectivity index (χ4n) is 2.34. The van der Waals surface area contributed by atoms with Gasteiger partial charge in [0.05, 0.1) is 25.5 Å². The number of hydrogen-bond donors (Lipinski definition) is 1. The molecule has 2 aromatic rings. The number of amides is 1. The molecule has 0 unspecified atom stereocenters. The number of hydrogen-bond acceptors (Lipinski definition) is 5. The van der Waals surface area contributed by atoms with Crippen LogP contribution in [0.1, 0.15) is 35.7 Å². The molecule has 0 fully saturated rings. The van der Waals surface area contributed by atoms with Gasteiger partial charge in [-0.05, 0) is 41.8 Å². The highest BCUT2D eigenvalue weighted by Crippen LogP contribution is 2.23. The van der Waals surface area contributed by atoms with Crippen molar-refractivity contribution in [3.05, 3.63) is 53.6 Å². The van der Waals surface area contributed by atoms with Crippen LogP contribution >= 0.6 is 0 Å². The Hall–Kier alpha value is -3.02. The molecule has 138 valence electrons. The highest BCUT2D eigenvalue weighted by molar-refractivity contribution is 6.02. The van der Waals surface area contributed by atoms with Crippen molar-refractivity contribution in [3.63, 3.8) is 0 Å². The number of methoxy groups -OCH3 is 2. The Morgan fingerprint density at radius 1 is 1.04 bits per heavy atom. The first-order valence-electron chi connectivity index (χ1n) is 8.23. The van der Waals surface area contributed by atoms with Crippen molar-refractivity contribution < 1.29 is 23.8 Å². The second-order valence-electron chi connectivity index (χ2n) is 5.97. The lowest BCUT2D eigenvalue weighted by Crippen LogP contribution is -2.22. The first-order chi connectivity index (χ1) is 12.4. The predicted molar refractivity (Wildman–Crippen MR) is 99.0 cm³/mol. The molecule has 0 radical (unpaired) electrons. The summed E-state index contributed by atoms with van der Waals surface area (Å²) < 4.78 is 15.4. The van der Waals surface area contributed by atoms with E-state index in [4.69, 9.17) is 14.2 Å². The van der Waals surface area contributed by atoms with E-state index in [1.165, 1.54) is 20.3 Å². The lowest BCUT2D eigenvalue weighted by molar-refractivity contribution is -0.118. The lowest BCUT2D eigenvalue weighted by Gasteiger charge is -2.13. The summed E-state index contributed by atoms with van der Waals surface area (Å²) in [5.74, 6) is 0.536. The van der Waals surface area contributed by atoms with Gasteiger partial charge in [0.25, 0.3) is 5.91 Å². The van der Waals surface area contributed by atoms with Crippen LogP contribution in [0.4, 0.5) is 5.69 Å². The van der Waals surface area contributed by atoms with E-state index >= 15 is 0 Å². The van der Waals surface area contributed by atoms with Gasteiger partial charge >= 0.3 is 5.97 Å². The first-order valence-corrected chi connectivity index (χ1v) is 8.23. The van der Waals surface area contributed by atoms with Crippen LogP contribution in [-0.2, 0) is 9.53 Å². The van der Waals surface area contributed by atoms with E-state index in [0.717, 1.165) is 5.56 Å². The van der Waals surface area contributed by atoms with E-state index in [9.17, 15) is 9.59 Å². The van der Waals surface area contributed by atoms with Crippen molar-refractivity contribution in [1.29, 1.82) is 0 Å². The number of carbonyl (C=O) groups is 2. The third kappa shape index (κ3) is 4.99. The Balaban J connectivity index is 2.06. The molecular weight excluding hydrogens is 334 g/mol. The van der Waals surface area contributed by atoms with Crippen LogP contribution < -0.4 is 14.8 Å². The van der Waals surface area contributed by atoms with Crippen LogP contribution in [0.3, 0.4) is 0 Å². The summed E-state index contributed by atoms with van der Waals surface area (Å²) in [7, 11) is 2.77. The van der Waals surface area contributed by atoms with Crippen LogP contribution in [0.2, 0.25) is 0 Å². The summed E-state index contributed by atoms with van der Waals surface area (Å²) in [4.78, 5) is 24.1. The zero-order valence-corrected chi connectivity index (χ0v) is 15.4. The normalized spacial score (nSPS) is 10.3. The number of esters is 1. The molecule has 1 N–H and O–H groups in total. The Kier molecular flexibility index (Phi) is 6.60. The van der Waals surface area contributed by atoms with Crippen molar-refractivity contribution in [2.45, 2.75) is 19.8 Å². The largest absolute Gasteiger partial charge is 0.497 e. The van der Waals surface area contributed by atoms with E-state index in [0.29, 0.717) is 23.1 Å². The Labute approximate surface area is 153 Å². The zero-order chi connectivity index (χ0) is 19.1. The van der Waals surface area contributed by atoms with E-state index in [-0.39, 0.29) is 18.1 Å². The summed E-state index contributed by atoms with van der Waals surface area (Å²) in [6.45, 7) is 4.00. The molecule has 0 aromatic heterocycles. The average Bonchev–Trinajstić information content (AvgIpc) is 2.66. The highest BCUT2D eigenvalue weighted by Gasteiger charge is 2.15. The Morgan fingerprint density at radius 2 is 1.81 bits per heavy atom. The minimum absolute atomic E-state index is 0.172. The SMILES string of the molecule is COC(=O)c1cc(OC)ccc1NC(=O)COc1cccc(C(C)C)c1. The van der Waals surface area contributed by atoms with Gasteiger partial charge in [0.15, 0.2) is 6.61 Å². The van der Waals surface area contributed by atoms with Gasteiger partial charge in [0, 0.05) is 0 Å². The molecule has 6 heteroatoms. The fourth-order valence-corrected chi connectivity index (χ4v) is 2.34. The van der Waals surface area contributed by atoms with Crippen molar-refractivity contribution in [2.24, 2.45) is 0 Å². The molecule has 6 nitrogen and oxygen atoms in total. The first kappa shape index (κ1) is 19.3. The maximum Gasteiger partial charge on any atom is 0.340 e. The molecule has 2 aromatic carbocycles. The molecular formula is C20H23NO5. The van der Waals surface area contributed by atoms with Gasteiger partial charge in [0.1, 0.15) is 11.5 Å². The summed E-state index contributed by atoms with van der Waals surface area (Å²) in [5, 5.41) is 2.66. The summed E-state index contributed by atoms with van der Waals surface area (Å²) >= 11 is 0. The van der Waals surface area contributed by atoms with Crippen LogP contribution in [0, 0.1) is 0 Å². The maximum absolute atomic E-state index is 12.2. The van der Waals surface area contributed by atoms with E-state index < -0.39 is 5.97 Å². The standard InChI is InChI=1S/C20H23NO5/c1-13(2)14-6-5-7-16(10-14)26-12-19(22)21-18-9-8-15(24-3)11-17(18)20(23)25-4/h5-11,13H,12H2,1-4H3,(H,21,22). The monoisotopic (exact) mass is 357 g/mol. The van der Waals surface area contributed by atoms with Gasteiger partial charge < -0.3 is 19.5 Å². The Bertz CT molecular complexity index is 786. The number of rotatable bonds is 7. The van der Waals surface area contributed by atoms with E-state index in [1.54, 1.807) is 18.2 Å². The van der Waals surface area contributed by atoms with Gasteiger partial charge in [0.2, 0.25) is 0 Å².